The number of guanidine groups is 1. The third-order valence-electron chi connectivity index (χ3n) is 5.13. The van der Waals surface area contributed by atoms with Crippen molar-refractivity contribution in [1.29, 1.82) is 0 Å². The van der Waals surface area contributed by atoms with Crippen LogP contribution in [0, 0.1) is 0 Å². The smallest absolute Gasteiger partial charge is 0.224 e. The van der Waals surface area contributed by atoms with Crippen molar-refractivity contribution in [1.82, 2.24) is 15.5 Å². The molecule has 1 aromatic rings. The highest BCUT2D eigenvalue weighted by atomic mass is 127. The zero-order valence-electron chi connectivity index (χ0n) is 16.6. The van der Waals surface area contributed by atoms with E-state index in [2.05, 4.69) is 44.8 Å². The first-order valence-corrected chi connectivity index (χ1v) is 10.9. The van der Waals surface area contributed by atoms with Gasteiger partial charge in [-0.15, -0.1) is 24.0 Å². The molecule has 2 saturated heterocycles. The standard InChI is InChI=1S/C20H31N5OS.HI/c1-21-20(23-16-18-8-5-15-27-18)22-10-9-19(26)25-13-11-24(12-14-25)17-6-3-2-4-7-17;/h2-4,6-7,18H,5,8-16H2,1H3,(H2,21,22,23);1H. The first-order valence-electron chi connectivity index (χ1n) is 9.90. The molecule has 1 atom stereocenters. The molecule has 1 unspecified atom stereocenters. The van der Waals surface area contributed by atoms with Gasteiger partial charge in [-0.25, -0.2) is 0 Å². The zero-order valence-corrected chi connectivity index (χ0v) is 19.7. The lowest BCUT2D eigenvalue weighted by Gasteiger charge is -2.36. The summed E-state index contributed by atoms with van der Waals surface area (Å²) in [6.45, 7) is 4.94. The van der Waals surface area contributed by atoms with Crippen molar-refractivity contribution in [2.45, 2.75) is 24.5 Å². The third-order valence-corrected chi connectivity index (χ3v) is 6.53. The van der Waals surface area contributed by atoms with Crippen molar-refractivity contribution in [3.8, 4) is 0 Å². The van der Waals surface area contributed by atoms with Crippen LogP contribution in [0.2, 0.25) is 0 Å². The molecule has 3 rings (SSSR count). The predicted octanol–water partition coefficient (Wildman–Crippen LogP) is 2.40. The lowest BCUT2D eigenvalue weighted by molar-refractivity contribution is -0.131. The first-order chi connectivity index (χ1) is 13.3. The van der Waals surface area contributed by atoms with Crippen LogP contribution in [-0.2, 0) is 4.79 Å². The average molecular weight is 517 g/mol. The van der Waals surface area contributed by atoms with Gasteiger partial charge in [0.2, 0.25) is 5.91 Å². The molecule has 2 N–H and O–H groups in total. The summed E-state index contributed by atoms with van der Waals surface area (Å²) in [6, 6.07) is 10.4. The predicted molar refractivity (Wildman–Crippen MR) is 130 cm³/mol. The number of hydrogen-bond acceptors (Lipinski definition) is 4. The summed E-state index contributed by atoms with van der Waals surface area (Å²) in [5.41, 5.74) is 1.24. The Hall–Kier alpha value is -1.16. The Kier molecular flexibility index (Phi) is 10.3. The zero-order chi connectivity index (χ0) is 18.9. The molecule has 2 fully saturated rings. The minimum absolute atomic E-state index is 0. The number of rotatable bonds is 6. The van der Waals surface area contributed by atoms with Gasteiger partial charge in [0.25, 0.3) is 0 Å². The van der Waals surface area contributed by atoms with E-state index in [9.17, 15) is 4.79 Å². The summed E-state index contributed by atoms with van der Waals surface area (Å²) in [7, 11) is 1.78. The van der Waals surface area contributed by atoms with Gasteiger partial charge in [-0.3, -0.25) is 9.79 Å². The van der Waals surface area contributed by atoms with Gasteiger partial charge >= 0.3 is 0 Å². The van der Waals surface area contributed by atoms with Crippen molar-refractivity contribution < 1.29 is 4.79 Å². The Morgan fingerprint density at radius 1 is 1.18 bits per heavy atom. The molecule has 2 aliphatic heterocycles. The van der Waals surface area contributed by atoms with E-state index in [1.54, 1.807) is 7.05 Å². The van der Waals surface area contributed by atoms with E-state index >= 15 is 0 Å². The van der Waals surface area contributed by atoms with Crippen LogP contribution in [0.3, 0.4) is 0 Å². The number of hydrogen-bond donors (Lipinski definition) is 2. The molecule has 0 bridgehead atoms. The summed E-state index contributed by atoms with van der Waals surface area (Å²) in [5, 5.41) is 7.33. The van der Waals surface area contributed by atoms with E-state index < -0.39 is 0 Å². The molecular weight excluding hydrogens is 485 g/mol. The van der Waals surface area contributed by atoms with Gasteiger partial charge in [-0.2, -0.15) is 11.8 Å². The molecule has 6 nitrogen and oxygen atoms in total. The van der Waals surface area contributed by atoms with Crippen molar-refractivity contribution in [3.63, 3.8) is 0 Å². The number of benzene rings is 1. The normalized spacial score (nSPS) is 19.9. The number of halogens is 1. The average Bonchev–Trinajstić information content (AvgIpc) is 3.25. The maximum absolute atomic E-state index is 12.5. The highest BCUT2D eigenvalue weighted by molar-refractivity contribution is 14.0. The number of nitrogens with zero attached hydrogens (tertiary/aromatic N) is 3. The Balaban J connectivity index is 0.00000280. The number of para-hydroxylation sites is 1. The lowest BCUT2D eigenvalue weighted by Crippen LogP contribution is -2.49. The van der Waals surface area contributed by atoms with E-state index in [0.29, 0.717) is 18.2 Å². The Morgan fingerprint density at radius 2 is 1.93 bits per heavy atom. The van der Waals surface area contributed by atoms with Crippen LogP contribution < -0.4 is 15.5 Å². The summed E-state index contributed by atoms with van der Waals surface area (Å²) >= 11 is 2.03. The van der Waals surface area contributed by atoms with Gasteiger partial charge in [0.05, 0.1) is 0 Å². The van der Waals surface area contributed by atoms with Crippen LogP contribution in [-0.4, -0.2) is 74.1 Å². The van der Waals surface area contributed by atoms with Crippen LogP contribution in [0.25, 0.3) is 0 Å². The number of aliphatic imine (C=N–C) groups is 1. The summed E-state index contributed by atoms with van der Waals surface area (Å²) < 4.78 is 0. The fourth-order valence-corrected chi connectivity index (χ4v) is 4.74. The molecule has 8 heteroatoms. The van der Waals surface area contributed by atoms with Crippen molar-refractivity contribution in [2.75, 3.05) is 57.0 Å². The number of thioether (sulfide) groups is 1. The molecule has 156 valence electrons. The Morgan fingerprint density at radius 3 is 2.57 bits per heavy atom. The van der Waals surface area contributed by atoms with Crippen LogP contribution in [0.15, 0.2) is 35.3 Å². The maximum Gasteiger partial charge on any atom is 0.224 e. The van der Waals surface area contributed by atoms with Gasteiger partial charge in [0, 0.05) is 63.7 Å². The second-order valence-corrected chi connectivity index (χ2v) is 8.38. The van der Waals surface area contributed by atoms with Crippen molar-refractivity contribution >= 4 is 53.3 Å². The Bertz CT molecular complexity index is 616. The molecule has 0 spiro atoms. The van der Waals surface area contributed by atoms with E-state index in [0.717, 1.165) is 38.7 Å². The molecule has 28 heavy (non-hydrogen) atoms. The van der Waals surface area contributed by atoms with Crippen molar-refractivity contribution in [3.05, 3.63) is 30.3 Å². The molecule has 2 aliphatic rings. The van der Waals surface area contributed by atoms with E-state index in [1.165, 1.54) is 24.3 Å². The van der Waals surface area contributed by atoms with Gasteiger partial charge in [0.15, 0.2) is 5.96 Å². The van der Waals surface area contributed by atoms with E-state index in [-0.39, 0.29) is 29.9 Å². The van der Waals surface area contributed by atoms with E-state index in [4.69, 9.17) is 0 Å². The van der Waals surface area contributed by atoms with Crippen LogP contribution in [0.4, 0.5) is 5.69 Å². The first kappa shape index (κ1) is 23.1. The fourth-order valence-electron chi connectivity index (χ4n) is 3.54. The molecule has 0 aliphatic carbocycles. The number of nitrogens with one attached hydrogen (secondary N) is 2. The van der Waals surface area contributed by atoms with Gasteiger partial charge in [-0.05, 0) is 30.7 Å². The monoisotopic (exact) mass is 517 g/mol. The summed E-state index contributed by atoms with van der Waals surface area (Å²) in [4.78, 5) is 21.1. The number of carbonyl (C=O) groups is 1. The second-order valence-electron chi connectivity index (χ2n) is 6.97. The molecule has 0 radical (unpaired) electrons. The quantitative estimate of drug-likeness (QED) is 0.345. The van der Waals surface area contributed by atoms with E-state index in [1.807, 2.05) is 22.7 Å². The fraction of sp³-hybridized carbons (Fsp3) is 0.600. The molecule has 0 saturated carbocycles. The van der Waals surface area contributed by atoms with Gasteiger partial charge in [-0.1, -0.05) is 18.2 Å². The third kappa shape index (κ3) is 7.02. The Labute approximate surface area is 189 Å². The molecule has 1 amide bonds. The lowest BCUT2D eigenvalue weighted by atomic mass is 10.2. The highest BCUT2D eigenvalue weighted by Gasteiger charge is 2.21. The maximum atomic E-state index is 12.5. The minimum atomic E-state index is 0. The second kappa shape index (κ2) is 12.4. The SMILES string of the molecule is CN=C(NCCC(=O)N1CCN(c2ccccc2)CC1)NCC1CCCS1.I. The van der Waals surface area contributed by atoms with Crippen LogP contribution in [0.1, 0.15) is 19.3 Å². The highest BCUT2D eigenvalue weighted by Crippen LogP contribution is 2.25. The van der Waals surface area contributed by atoms with Crippen LogP contribution >= 0.6 is 35.7 Å². The van der Waals surface area contributed by atoms with Crippen molar-refractivity contribution in [2.24, 2.45) is 4.99 Å². The summed E-state index contributed by atoms with van der Waals surface area (Å²) in [5.74, 6) is 2.28. The number of anilines is 1. The summed E-state index contributed by atoms with van der Waals surface area (Å²) in [6.07, 6.45) is 3.10. The van der Waals surface area contributed by atoms with Crippen LogP contribution in [0.5, 0.6) is 0 Å². The number of amides is 1. The number of carbonyl (C=O) groups excluding carboxylic acids is 1. The van der Waals surface area contributed by atoms with Gasteiger partial charge < -0.3 is 20.4 Å². The number of piperazine rings is 1. The molecular formula is C20H32IN5OS. The molecule has 2 heterocycles. The molecule has 0 aromatic heterocycles. The molecule has 1 aromatic carbocycles. The largest absolute Gasteiger partial charge is 0.368 e. The van der Waals surface area contributed by atoms with Gasteiger partial charge in [0.1, 0.15) is 0 Å². The topological polar surface area (TPSA) is 60.0 Å². The minimum Gasteiger partial charge on any atom is -0.368 e.